The van der Waals surface area contributed by atoms with Gasteiger partial charge >= 0.3 is 0 Å². The fraction of sp³-hybridized carbons (Fsp3) is 0.0312. The third-order valence-electron chi connectivity index (χ3n) is 6.22. The zero-order valence-corrected chi connectivity index (χ0v) is 22.0. The summed E-state index contributed by atoms with van der Waals surface area (Å²) in [5.41, 5.74) is 5.00. The van der Waals surface area contributed by atoms with Crippen LogP contribution in [0.3, 0.4) is 0 Å². The van der Waals surface area contributed by atoms with Crippen LogP contribution in [0.4, 0.5) is 11.4 Å². The van der Waals surface area contributed by atoms with Crippen LogP contribution in [0.2, 0.25) is 0 Å². The molecule has 7 heteroatoms. The molecule has 1 aliphatic rings. The number of methoxy groups -OCH3 is 1. The highest BCUT2D eigenvalue weighted by Crippen LogP contribution is 2.38. The standard InChI is InChI=1S/C32H24N4O2S/c1-38-28-19-17-23(18-20-28)30-24(22-35(34-30)26-13-7-3-8-14-26)21-29-31(37)36(27-15-9-4-10-16-27)32(39-29)33-25-11-5-2-6-12-25/h2-22H,1H3. The summed E-state index contributed by atoms with van der Waals surface area (Å²) in [4.78, 5) is 20.9. The van der Waals surface area contributed by atoms with Gasteiger partial charge in [0.1, 0.15) is 5.75 Å². The van der Waals surface area contributed by atoms with E-state index in [4.69, 9.17) is 14.8 Å². The number of nitrogens with zero attached hydrogens (tertiary/aromatic N) is 4. The molecule has 0 bridgehead atoms. The van der Waals surface area contributed by atoms with Crippen molar-refractivity contribution in [2.75, 3.05) is 12.0 Å². The number of hydrogen-bond donors (Lipinski definition) is 0. The van der Waals surface area contributed by atoms with Crippen molar-refractivity contribution in [2.24, 2.45) is 4.99 Å². The van der Waals surface area contributed by atoms with Crippen molar-refractivity contribution in [1.29, 1.82) is 0 Å². The number of carbonyl (C=O) groups is 1. The van der Waals surface area contributed by atoms with Crippen molar-refractivity contribution in [3.05, 3.63) is 132 Å². The predicted octanol–water partition coefficient (Wildman–Crippen LogP) is 7.36. The summed E-state index contributed by atoms with van der Waals surface area (Å²) in [6.45, 7) is 0. The summed E-state index contributed by atoms with van der Waals surface area (Å²) < 4.78 is 7.18. The van der Waals surface area contributed by atoms with Crippen molar-refractivity contribution in [2.45, 2.75) is 0 Å². The Hall–Kier alpha value is -4.88. The van der Waals surface area contributed by atoms with Crippen LogP contribution < -0.4 is 9.64 Å². The smallest absolute Gasteiger partial charge is 0.271 e. The number of anilines is 1. The van der Waals surface area contributed by atoms with Crippen molar-refractivity contribution >= 4 is 40.3 Å². The van der Waals surface area contributed by atoms with Gasteiger partial charge in [0.05, 0.1) is 34.8 Å². The van der Waals surface area contributed by atoms with Crippen LogP contribution in [-0.4, -0.2) is 28.0 Å². The Morgan fingerprint density at radius 3 is 2.05 bits per heavy atom. The first-order valence-corrected chi connectivity index (χ1v) is 13.2. The molecule has 2 heterocycles. The number of amides is 1. The van der Waals surface area contributed by atoms with Gasteiger partial charge in [0.2, 0.25) is 0 Å². The molecule has 0 aliphatic carbocycles. The Morgan fingerprint density at radius 1 is 0.795 bits per heavy atom. The number of amidine groups is 1. The van der Waals surface area contributed by atoms with Gasteiger partial charge in [-0.15, -0.1) is 0 Å². The summed E-state index contributed by atoms with van der Waals surface area (Å²) in [5, 5.41) is 5.51. The Morgan fingerprint density at radius 2 is 1.41 bits per heavy atom. The monoisotopic (exact) mass is 528 g/mol. The van der Waals surface area contributed by atoms with E-state index in [1.807, 2.05) is 132 Å². The van der Waals surface area contributed by atoms with E-state index in [2.05, 4.69) is 0 Å². The van der Waals surface area contributed by atoms with Gasteiger partial charge in [0.25, 0.3) is 5.91 Å². The van der Waals surface area contributed by atoms with E-state index in [0.29, 0.717) is 10.1 Å². The second-order valence-electron chi connectivity index (χ2n) is 8.76. The highest BCUT2D eigenvalue weighted by atomic mass is 32.2. The molecule has 0 N–H and O–H groups in total. The maximum absolute atomic E-state index is 13.8. The van der Waals surface area contributed by atoms with Gasteiger partial charge in [0.15, 0.2) is 5.17 Å². The van der Waals surface area contributed by atoms with Gasteiger partial charge in [0, 0.05) is 17.3 Å². The Bertz CT molecular complexity index is 1660. The van der Waals surface area contributed by atoms with Gasteiger partial charge < -0.3 is 4.74 Å². The molecule has 0 spiro atoms. The molecule has 39 heavy (non-hydrogen) atoms. The van der Waals surface area contributed by atoms with Crippen LogP contribution in [0, 0.1) is 0 Å². The third kappa shape index (κ3) is 5.12. The molecule has 1 saturated heterocycles. The average molecular weight is 529 g/mol. The largest absolute Gasteiger partial charge is 0.497 e. The normalized spacial score (nSPS) is 15.3. The summed E-state index contributed by atoms with van der Waals surface area (Å²) in [6.07, 6.45) is 3.86. The van der Waals surface area contributed by atoms with Crippen LogP contribution in [0.15, 0.2) is 131 Å². The lowest BCUT2D eigenvalue weighted by atomic mass is 10.1. The van der Waals surface area contributed by atoms with Gasteiger partial charge in [-0.3, -0.25) is 9.69 Å². The molecule has 190 valence electrons. The molecule has 0 unspecified atom stereocenters. The molecule has 0 radical (unpaired) electrons. The van der Waals surface area contributed by atoms with E-state index in [1.54, 1.807) is 12.0 Å². The number of rotatable bonds is 6. The summed E-state index contributed by atoms with van der Waals surface area (Å²) in [7, 11) is 1.64. The van der Waals surface area contributed by atoms with Gasteiger partial charge in [-0.05, 0) is 78.5 Å². The van der Waals surface area contributed by atoms with Crippen molar-refractivity contribution in [1.82, 2.24) is 9.78 Å². The van der Waals surface area contributed by atoms with Crippen molar-refractivity contribution in [3.63, 3.8) is 0 Å². The van der Waals surface area contributed by atoms with Crippen LogP contribution in [0.25, 0.3) is 23.0 Å². The lowest BCUT2D eigenvalue weighted by Gasteiger charge is -2.15. The quantitative estimate of drug-likeness (QED) is 0.216. The maximum Gasteiger partial charge on any atom is 0.271 e. The number of thioether (sulfide) groups is 1. The molecule has 6 nitrogen and oxygen atoms in total. The molecule has 0 saturated carbocycles. The lowest BCUT2D eigenvalue weighted by molar-refractivity contribution is -0.113. The van der Waals surface area contributed by atoms with Crippen LogP contribution in [-0.2, 0) is 4.79 Å². The van der Waals surface area contributed by atoms with E-state index in [9.17, 15) is 4.79 Å². The molecule has 6 rings (SSSR count). The Labute approximate surface area is 230 Å². The van der Waals surface area contributed by atoms with Crippen molar-refractivity contribution in [3.8, 4) is 22.7 Å². The van der Waals surface area contributed by atoms with E-state index in [0.717, 1.165) is 39.6 Å². The zero-order valence-electron chi connectivity index (χ0n) is 21.1. The predicted molar refractivity (Wildman–Crippen MR) is 159 cm³/mol. The minimum atomic E-state index is -0.131. The van der Waals surface area contributed by atoms with Crippen LogP contribution in [0.1, 0.15) is 5.56 Å². The first-order valence-electron chi connectivity index (χ1n) is 12.4. The molecular formula is C32H24N4O2S. The number of hydrogen-bond acceptors (Lipinski definition) is 5. The Kier molecular flexibility index (Phi) is 6.80. The third-order valence-corrected chi connectivity index (χ3v) is 7.18. The van der Waals surface area contributed by atoms with Crippen molar-refractivity contribution < 1.29 is 9.53 Å². The number of aromatic nitrogens is 2. The highest BCUT2D eigenvalue weighted by molar-refractivity contribution is 8.19. The first kappa shape index (κ1) is 24.5. The first-order chi connectivity index (χ1) is 19.2. The maximum atomic E-state index is 13.8. The van der Waals surface area contributed by atoms with E-state index in [1.165, 1.54) is 11.8 Å². The summed E-state index contributed by atoms with van der Waals surface area (Å²) in [6, 6.07) is 36.9. The SMILES string of the molecule is COc1ccc(-c2nn(-c3ccccc3)cc2C=C2SC(=Nc3ccccc3)N(c3ccccc3)C2=O)cc1. The van der Waals surface area contributed by atoms with Crippen LogP contribution >= 0.6 is 11.8 Å². The molecule has 0 atom stereocenters. The molecule has 4 aromatic carbocycles. The molecule has 1 aromatic heterocycles. The Balaban J connectivity index is 1.46. The summed E-state index contributed by atoms with van der Waals surface area (Å²) >= 11 is 1.36. The highest BCUT2D eigenvalue weighted by Gasteiger charge is 2.35. The average Bonchev–Trinajstić information content (AvgIpc) is 3.55. The van der Waals surface area contributed by atoms with Gasteiger partial charge in [-0.25, -0.2) is 9.67 Å². The fourth-order valence-electron chi connectivity index (χ4n) is 4.29. The number of aliphatic imine (C=N–C) groups is 1. The number of para-hydroxylation sites is 3. The van der Waals surface area contributed by atoms with E-state index >= 15 is 0 Å². The molecule has 1 fully saturated rings. The fourth-order valence-corrected chi connectivity index (χ4v) is 5.28. The van der Waals surface area contributed by atoms with Crippen LogP contribution in [0.5, 0.6) is 5.75 Å². The van der Waals surface area contributed by atoms with Gasteiger partial charge in [-0.2, -0.15) is 5.10 Å². The molecular weight excluding hydrogens is 504 g/mol. The zero-order chi connectivity index (χ0) is 26.6. The second kappa shape index (κ2) is 10.8. The number of benzene rings is 4. The summed E-state index contributed by atoms with van der Waals surface area (Å²) in [5.74, 6) is 0.636. The minimum absolute atomic E-state index is 0.131. The molecule has 1 aliphatic heterocycles. The number of carbonyl (C=O) groups excluding carboxylic acids is 1. The number of ether oxygens (including phenoxy) is 1. The van der Waals surface area contributed by atoms with E-state index in [-0.39, 0.29) is 5.91 Å². The molecule has 5 aromatic rings. The molecule has 1 amide bonds. The lowest BCUT2D eigenvalue weighted by Crippen LogP contribution is -2.28. The van der Waals surface area contributed by atoms with Gasteiger partial charge in [-0.1, -0.05) is 54.6 Å². The topological polar surface area (TPSA) is 59.7 Å². The second-order valence-corrected chi connectivity index (χ2v) is 9.77. The van der Waals surface area contributed by atoms with E-state index < -0.39 is 0 Å². The minimum Gasteiger partial charge on any atom is -0.497 e.